The van der Waals surface area contributed by atoms with Gasteiger partial charge >= 0.3 is 5.97 Å². The zero-order valence-electron chi connectivity index (χ0n) is 28.9. The smallest absolute Gasteiger partial charge is 0.330 e. The molecule has 18 heteroatoms. The van der Waals surface area contributed by atoms with E-state index < -0.39 is 121 Å². The van der Waals surface area contributed by atoms with Crippen molar-refractivity contribution in [1.82, 2.24) is 0 Å². The van der Waals surface area contributed by atoms with Gasteiger partial charge in [-0.1, -0.05) is 18.2 Å². The summed E-state index contributed by atoms with van der Waals surface area (Å²) < 4.78 is 34.7. The molecular formula is C37H40O18. The zero-order chi connectivity index (χ0) is 39.7. The fourth-order valence-electron chi connectivity index (χ4n) is 6.40. The molecule has 3 aromatic carbocycles. The minimum Gasteiger partial charge on any atom is -0.508 e. The molecule has 0 bridgehead atoms. The number of carbonyl (C=O) groups is 2. The number of phenols is 5. The van der Waals surface area contributed by atoms with Gasteiger partial charge < -0.3 is 79.5 Å². The largest absolute Gasteiger partial charge is 0.508 e. The summed E-state index contributed by atoms with van der Waals surface area (Å²) in [7, 11) is 0. The van der Waals surface area contributed by atoms with Crippen LogP contribution < -0.4 is 4.74 Å². The van der Waals surface area contributed by atoms with E-state index in [9.17, 15) is 60.7 Å². The van der Waals surface area contributed by atoms with Crippen LogP contribution in [0.4, 0.5) is 0 Å². The van der Waals surface area contributed by atoms with Crippen LogP contribution in [-0.4, -0.2) is 143 Å². The van der Waals surface area contributed by atoms with Crippen LogP contribution in [0.15, 0.2) is 60.7 Å². The maximum Gasteiger partial charge on any atom is 0.330 e. The van der Waals surface area contributed by atoms with E-state index in [0.29, 0.717) is 5.56 Å². The summed E-state index contributed by atoms with van der Waals surface area (Å²) >= 11 is 0. The Hall–Kier alpha value is -5.02. The number of ether oxygens (including phenoxy) is 6. The predicted octanol–water partition coefficient (Wildman–Crippen LogP) is -0.125. The zero-order valence-corrected chi connectivity index (χ0v) is 28.9. The fraction of sp³-hybridized carbons (Fsp3) is 0.405. The number of Topliss-reactive ketones (excluding diaryl/α,β-unsaturated/α-hetero) is 1. The number of phenolic OH excluding ortho intramolecular Hbond substituents is 5. The maximum absolute atomic E-state index is 14.0. The molecule has 55 heavy (non-hydrogen) atoms. The summed E-state index contributed by atoms with van der Waals surface area (Å²) in [6.45, 7) is 0.188. The Kier molecular flexibility index (Phi) is 11.8. The van der Waals surface area contributed by atoms with Crippen LogP contribution in [0.3, 0.4) is 0 Å². The molecule has 6 rings (SSSR count). The Morgan fingerprint density at radius 1 is 0.745 bits per heavy atom. The van der Waals surface area contributed by atoms with Crippen molar-refractivity contribution in [2.24, 2.45) is 0 Å². The number of aliphatic hydroxyl groups is 5. The molecule has 12 atom stereocenters. The lowest BCUT2D eigenvalue weighted by Crippen LogP contribution is -2.62. The molecule has 3 aromatic rings. The van der Waals surface area contributed by atoms with Crippen LogP contribution in [0.5, 0.6) is 34.5 Å². The first-order valence-electron chi connectivity index (χ1n) is 17.0. The topological polar surface area (TPSA) is 292 Å². The number of aliphatic hydroxyl groups excluding tert-OH is 5. The average Bonchev–Trinajstić information content (AvgIpc) is 3.14. The third-order valence-electron chi connectivity index (χ3n) is 9.45. The van der Waals surface area contributed by atoms with E-state index in [1.54, 1.807) is 12.1 Å². The minimum absolute atomic E-state index is 0.0340. The Morgan fingerprint density at radius 3 is 2.13 bits per heavy atom. The first kappa shape index (κ1) is 39.7. The van der Waals surface area contributed by atoms with Crippen molar-refractivity contribution in [2.45, 2.75) is 80.4 Å². The van der Waals surface area contributed by atoms with Gasteiger partial charge in [0, 0.05) is 18.2 Å². The quantitative estimate of drug-likeness (QED) is 0.0730. The molecular weight excluding hydrogens is 732 g/mol. The number of esters is 1. The molecule has 0 aliphatic carbocycles. The highest BCUT2D eigenvalue weighted by Crippen LogP contribution is 2.45. The van der Waals surface area contributed by atoms with Crippen molar-refractivity contribution in [1.29, 1.82) is 0 Å². The number of ketones is 1. The van der Waals surface area contributed by atoms with Crippen molar-refractivity contribution in [2.75, 3.05) is 13.2 Å². The molecule has 2 fully saturated rings. The molecule has 296 valence electrons. The van der Waals surface area contributed by atoms with Crippen molar-refractivity contribution in [3.8, 4) is 34.5 Å². The summed E-state index contributed by atoms with van der Waals surface area (Å²) in [5.74, 6) is -4.07. The summed E-state index contributed by atoms with van der Waals surface area (Å²) in [6.07, 6.45) is -16.5. The van der Waals surface area contributed by atoms with E-state index in [1.807, 2.05) is 0 Å². The van der Waals surface area contributed by atoms with Gasteiger partial charge in [0.2, 0.25) is 5.78 Å². The molecule has 0 aromatic heterocycles. The Bertz CT molecular complexity index is 1880. The summed E-state index contributed by atoms with van der Waals surface area (Å²) in [6, 6.07) is 11.5. The second-order valence-electron chi connectivity index (χ2n) is 13.3. The summed E-state index contributed by atoms with van der Waals surface area (Å²) in [4.78, 5) is 26.3. The number of hydrogen-bond donors (Lipinski definition) is 10. The molecule has 3 aliphatic rings. The van der Waals surface area contributed by atoms with Gasteiger partial charge in [-0.05, 0) is 48.4 Å². The van der Waals surface area contributed by atoms with Crippen LogP contribution in [0.25, 0.3) is 6.08 Å². The first-order chi connectivity index (χ1) is 26.1. The molecule has 10 N–H and O–H groups in total. The van der Waals surface area contributed by atoms with E-state index in [1.165, 1.54) is 31.2 Å². The number of rotatable bonds is 10. The maximum atomic E-state index is 14.0. The van der Waals surface area contributed by atoms with Gasteiger partial charge in [-0.15, -0.1) is 0 Å². The first-order valence-corrected chi connectivity index (χ1v) is 17.0. The van der Waals surface area contributed by atoms with Crippen LogP contribution in [0.2, 0.25) is 0 Å². The van der Waals surface area contributed by atoms with Gasteiger partial charge in [-0.25, -0.2) is 4.79 Å². The van der Waals surface area contributed by atoms with Crippen molar-refractivity contribution < 1.29 is 89.1 Å². The van der Waals surface area contributed by atoms with E-state index in [-0.39, 0.29) is 22.6 Å². The van der Waals surface area contributed by atoms with Gasteiger partial charge in [0.25, 0.3) is 0 Å². The van der Waals surface area contributed by atoms with Gasteiger partial charge in [0.05, 0.1) is 12.7 Å². The van der Waals surface area contributed by atoms with Crippen molar-refractivity contribution in [3.63, 3.8) is 0 Å². The number of aromatic hydroxyl groups is 5. The normalized spacial score (nSPS) is 32.1. The monoisotopic (exact) mass is 772 g/mol. The van der Waals surface area contributed by atoms with Gasteiger partial charge in [0.15, 0.2) is 30.0 Å². The standard InChI is InChI=1S/C37H40O18/c1-15-28(44)33(49)36(51-14-25-30(46)32(48)29(45)24(53-25)13-50-26(43)9-4-16-2-6-18(38)7-3-16)37(52-15)55-35-31(47)27-22(42)11-19(39)12-23(27)54-34(35)17-5-8-20(40)21(41)10-17/h2-12,15,24-25,28-30,32-42,44-46,48-49H,13-14H2,1H3/b9-4+/t15-,24-,25+,28-,29-,30+,32+,33+,34?,35?,36+,37-/m1/s1. The Labute approximate surface area is 312 Å². The fourth-order valence-corrected chi connectivity index (χ4v) is 6.40. The minimum atomic E-state index is -1.81. The highest BCUT2D eigenvalue weighted by Gasteiger charge is 2.51. The van der Waals surface area contributed by atoms with Crippen LogP contribution >= 0.6 is 0 Å². The second kappa shape index (κ2) is 16.4. The number of carbonyl (C=O) groups excluding carboxylic acids is 2. The summed E-state index contributed by atoms with van der Waals surface area (Å²) in [5.41, 5.74) is 0.296. The van der Waals surface area contributed by atoms with Crippen LogP contribution in [-0.2, 0) is 28.5 Å². The van der Waals surface area contributed by atoms with Crippen LogP contribution in [0.1, 0.15) is 34.5 Å². The van der Waals surface area contributed by atoms with Crippen LogP contribution in [0, 0.1) is 0 Å². The van der Waals surface area contributed by atoms with Crippen molar-refractivity contribution >= 4 is 17.8 Å². The molecule has 3 aliphatic heterocycles. The molecule has 0 radical (unpaired) electrons. The second-order valence-corrected chi connectivity index (χ2v) is 13.3. The lowest BCUT2D eigenvalue weighted by atomic mass is 9.92. The molecule has 0 saturated carbocycles. The molecule has 18 nitrogen and oxygen atoms in total. The number of benzene rings is 3. The molecule has 2 unspecified atom stereocenters. The lowest BCUT2D eigenvalue weighted by molar-refractivity contribution is -0.321. The van der Waals surface area contributed by atoms with Gasteiger partial charge in [0.1, 0.15) is 84.0 Å². The Morgan fingerprint density at radius 2 is 1.44 bits per heavy atom. The third kappa shape index (κ3) is 8.47. The highest BCUT2D eigenvalue weighted by atomic mass is 16.7. The average molecular weight is 773 g/mol. The van der Waals surface area contributed by atoms with Gasteiger partial charge in [-0.2, -0.15) is 0 Å². The number of hydrogen-bond acceptors (Lipinski definition) is 18. The van der Waals surface area contributed by atoms with Crippen molar-refractivity contribution in [3.05, 3.63) is 77.4 Å². The number of fused-ring (bicyclic) bond motifs is 1. The van der Waals surface area contributed by atoms with E-state index >= 15 is 0 Å². The Balaban J connectivity index is 1.19. The SMILES string of the molecule is C[C@H]1O[C@H](OC2C(=O)c3c(O)cc(O)cc3OC2c2ccc(O)c(O)c2)[C@@H](OC[C@@H]2O[C@H](COC(=O)/C=C/c3ccc(O)cc3)[C@@H](O)[C@H](O)[C@H]2O)[C@@H](O)[C@@H]1O. The third-order valence-corrected chi connectivity index (χ3v) is 9.45. The molecule has 0 amide bonds. The van der Waals surface area contributed by atoms with Gasteiger partial charge in [-0.3, -0.25) is 4.79 Å². The summed E-state index contributed by atoms with van der Waals surface area (Å²) in [5, 5.41) is 104. The van der Waals surface area contributed by atoms with E-state index in [2.05, 4.69) is 0 Å². The predicted molar refractivity (Wildman–Crippen MR) is 183 cm³/mol. The highest BCUT2D eigenvalue weighted by molar-refractivity contribution is 6.05. The van der Waals surface area contributed by atoms with E-state index in [0.717, 1.165) is 30.3 Å². The molecule has 2 saturated heterocycles. The molecule has 0 spiro atoms. The molecule has 3 heterocycles. The lowest BCUT2D eigenvalue weighted by Gasteiger charge is -2.45. The van der Waals surface area contributed by atoms with E-state index in [4.69, 9.17) is 28.4 Å².